The Bertz CT molecular complexity index is 536. The van der Waals surface area contributed by atoms with Gasteiger partial charge >= 0.3 is 0 Å². The smallest absolute Gasteiger partial charge is 0.223 e. The van der Waals surface area contributed by atoms with Gasteiger partial charge in [-0.3, -0.25) is 4.79 Å². The second-order valence-corrected chi connectivity index (χ2v) is 6.84. The molecule has 1 aromatic carbocycles. The molecule has 0 aromatic heterocycles. The van der Waals surface area contributed by atoms with E-state index in [0.29, 0.717) is 11.5 Å². The molecule has 108 valence electrons. The lowest BCUT2D eigenvalue weighted by molar-refractivity contribution is -0.116. The minimum atomic E-state index is 0.140. The van der Waals surface area contributed by atoms with E-state index in [0.717, 1.165) is 18.7 Å². The normalized spacial score (nSPS) is 23.8. The van der Waals surface area contributed by atoms with Crippen LogP contribution >= 0.6 is 0 Å². The first kappa shape index (κ1) is 13.5. The SMILES string of the molecule is CC(=O)N1CCc2cc(NC3CCCC3(C)C)ccc21. The van der Waals surface area contributed by atoms with Crippen molar-refractivity contribution in [3.05, 3.63) is 23.8 Å². The van der Waals surface area contributed by atoms with Crippen LogP contribution in [0.25, 0.3) is 0 Å². The van der Waals surface area contributed by atoms with E-state index < -0.39 is 0 Å². The van der Waals surface area contributed by atoms with Crippen LogP contribution in [0.2, 0.25) is 0 Å². The largest absolute Gasteiger partial charge is 0.382 e. The van der Waals surface area contributed by atoms with Gasteiger partial charge in [0.15, 0.2) is 0 Å². The molecule has 1 N–H and O–H groups in total. The van der Waals surface area contributed by atoms with Gasteiger partial charge < -0.3 is 10.2 Å². The van der Waals surface area contributed by atoms with Crippen LogP contribution in [0.1, 0.15) is 45.6 Å². The van der Waals surface area contributed by atoms with Crippen LogP contribution < -0.4 is 10.2 Å². The number of nitrogens with one attached hydrogen (secondary N) is 1. The zero-order valence-electron chi connectivity index (χ0n) is 12.7. The number of anilines is 2. The molecule has 1 fully saturated rings. The van der Waals surface area contributed by atoms with Gasteiger partial charge in [0.25, 0.3) is 0 Å². The molecule has 1 saturated carbocycles. The number of rotatable bonds is 2. The molecule has 1 unspecified atom stereocenters. The Hall–Kier alpha value is -1.51. The van der Waals surface area contributed by atoms with Crippen LogP contribution in [0, 0.1) is 5.41 Å². The van der Waals surface area contributed by atoms with Gasteiger partial charge in [-0.05, 0) is 48.4 Å². The maximum absolute atomic E-state index is 11.6. The van der Waals surface area contributed by atoms with E-state index in [1.54, 1.807) is 6.92 Å². The molecule has 3 nitrogen and oxygen atoms in total. The Morgan fingerprint density at radius 3 is 2.85 bits per heavy atom. The Balaban J connectivity index is 1.79. The number of carbonyl (C=O) groups excluding carboxylic acids is 1. The van der Waals surface area contributed by atoms with Crippen molar-refractivity contribution in [2.24, 2.45) is 5.41 Å². The Labute approximate surface area is 121 Å². The summed E-state index contributed by atoms with van der Waals surface area (Å²) in [6.07, 6.45) is 4.84. The number of carbonyl (C=O) groups is 1. The predicted molar refractivity (Wildman–Crippen MR) is 83.2 cm³/mol. The van der Waals surface area contributed by atoms with Crippen molar-refractivity contribution in [1.82, 2.24) is 0 Å². The number of hydrogen-bond acceptors (Lipinski definition) is 2. The van der Waals surface area contributed by atoms with E-state index in [1.807, 2.05) is 4.90 Å². The molecule has 3 heteroatoms. The summed E-state index contributed by atoms with van der Waals surface area (Å²) in [5, 5.41) is 3.70. The van der Waals surface area contributed by atoms with E-state index in [1.165, 1.54) is 30.5 Å². The van der Waals surface area contributed by atoms with Crippen molar-refractivity contribution < 1.29 is 4.79 Å². The molecule has 1 atom stereocenters. The highest BCUT2D eigenvalue weighted by Gasteiger charge is 2.34. The lowest BCUT2D eigenvalue weighted by Crippen LogP contribution is -2.30. The Morgan fingerprint density at radius 2 is 2.20 bits per heavy atom. The zero-order valence-corrected chi connectivity index (χ0v) is 12.7. The second kappa shape index (κ2) is 4.80. The van der Waals surface area contributed by atoms with Crippen molar-refractivity contribution in [3.8, 4) is 0 Å². The van der Waals surface area contributed by atoms with Crippen LogP contribution in [0.15, 0.2) is 18.2 Å². The fourth-order valence-electron chi connectivity index (χ4n) is 3.61. The number of fused-ring (bicyclic) bond motifs is 1. The number of hydrogen-bond donors (Lipinski definition) is 1. The molecule has 1 heterocycles. The van der Waals surface area contributed by atoms with Crippen LogP contribution in [-0.2, 0) is 11.2 Å². The molecule has 1 amide bonds. The minimum Gasteiger partial charge on any atom is -0.382 e. The monoisotopic (exact) mass is 272 g/mol. The van der Waals surface area contributed by atoms with Crippen molar-refractivity contribution in [2.45, 2.75) is 52.5 Å². The summed E-state index contributed by atoms with van der Waals surface area (Å²) in [7, 11) is 0. The summed E-state index contributed by atoms with van der Waals surface area (Å²) in [4.78, 5) is 13.4. The molecular weight excluding hydrogens is 248 g/mol. The third-order valence-electron chi connectivity index (χ3n) is 4.95. The molecule has 1 aromatic rings. The first-order valence-electron chi connectivity index (χ1n) is 7.65. The summed E-state index contributed by atoms with van der Waals surface area (Å²) in [5.74, 6) is 0.140. The maximum atomic E-state index is 11.6. The Kier molecular flexibility index (Phi) is 3.23. The molecular formula is C17H24N2O. The lowest BCUT2D eigenvalue weighted by Gasteiger charge is -2.29. The molecule has 0 spiro atoms. The third-order valence-corrected chi connectivity index (χ3v) is 4.95. The van der Waals surface area contributed by atoms with Crippen LogP contribution in [0.4, 0.5) is 11.4 Å². The fourth-order valence-corrected chi connectivity index (χ4v) is 3.61. The van der Waals surface area contributed by atoms with Gasteiger partial charge in [-0.1, -0.05) is 20.3 Å². The van der Waals surface area contributed by atoms with Gasteiger partial charge in [0.05, 0.1) is 0 Å². The van der Waals surface area contributed by atoms with Gasteiger partial charge in [-0.25, -0.2) is 0 Å². The molecule has 20 heavy (non-hydrogen) atoms. The van der Waals surface area contributed by atoms with E-state index in [4.69, 9.17) is 0 Å². The van der Waals surface area contributed by atoms with Crippen molar-refractivity contribution >= 4 is 17.3 Å². The summed E-state index contributed by atoms with van der Waals surface area (Å²) in [6.45, 7) is 7.16. The highest BCUT2D eigenvalue weighted by Crippen LogP contribution is 2.39. The van der Waals surface area contributed by atoms with Crippen molar-refractivity contribution in [1.29, 1.82) is 0 Å². The van der Waals surface area contributed by atoms with E-state index >= 15 is 0 Å². The van der Waals surface area contributed by atoms with E-state index in [-0.39, 0.29) is 5.91 Å². The maximum Gasteiger partial charge on any atom is 0.223 e. The average molecular weight is 272 g/mol. The first-order valence-corrected chi connectivity index (χ1v) is 7.65. The molecule has 3 rings (SSSR count). The zero-order chi connectivity index (χ0) is 14.3. The van der Waals surface area contributed by atoms with Crippen LogP contribution in [0.3, 0.4) is 0 Å². The van der Waals surface area contributed by atoms with Gasteiger partial charge in [-0.2, -0.15) is 0 Å². The summed E-state index contributed by atoms with van der Waals surface area (Å²) in [5.41, 5.74) is 3.97. The molecule has 0 radical (unpaired) electrons. The average Bonchev–Trinajstić information content (AvgIpc) is 2.93. The fraction of sp³-hybridized carbons (Fsp3) is 0.588. The number of nitrogens with zero attached hydrogens (tertiary/aromatic N) is 1. The van der Waals surface area contributed by atoms with Gasteiger partial charge in [-0.15, -0.1) is 0 Å². The Morgan fingerprint density at radius 1 is 1.40 bits per heavy atom. The standard InChI is InChI=1S/C17H24N2O/c1-12(20)19-10-8-13-11-14(6-7-15(13)19)18-16-5-4-9-17(16,2)3/h6-7,11,16,18H,4-5,8-10H2,1-3H3. The van der Waals surface area contributed by atoms with Crippen LogP contribution in [0.5, 0.6) is 0 Å². The third kappa shape index (κ3) is 2.30. The second-order valence-electron chi connectivity index (χ2n) is 6.84. The van der Waals surface area contributed by atoms with Crippen LogP contribution in [-0.4, -0.2) is 18.5 Å². The number of amides is 1. The van der Waals surface area contributed by atoms with Gasteiger partial charge in [0, 0.05) is 30.9 Å². The summed E-state index contributed by atoms with van der Waals surface area (Å²) in [6, 6.07) is 7.00. The highest BCUT2D eigenvalue weighted by atomic mass is 16.2. The molecule has 0 bridgehead atoms. The molecule has 2 aliphatic rings. The summed E-state index contributed by atoms with van der Waals surface area (Å²) >= 11 is 0. The van der Waals surface area contributed by atoms with Gasteiger partial charge in [0.2, 0.25) is 5.91 Å². The van der Waals surface area contributed by atoms with Gasteiger partial charge in [0.1, 0.15) is 0 Å². The lowest BCUT2D eigenvalue weighted by atomic mass is 9.87. The minimum absolute atomic E-state index is 0.140. The molecule has 1 aliphatic heterocycles. The van der Waals surface area contributed by atoms with Crippen molar-refractivity contribution in [2.75, 3.05) is 16.8 Å². The molecule has 0 saturated heterocycles. The van der Waals surface area contributed by atoms with E-state index in [2.05, 4.69) is 37.4 Å². The quantitative estimate of drug-likeness (QED) is 0.892. The van der Waals surface area contributed by atoms with Crippen molar-refractivity contribution in [3.63, 3.8) is 0 Å². The van der Waals surface area contributed by atoms with E-state index in [9.17, 15) is 4.79 Å². The highest BCUT2D eigenvalue weighted by molar-refractivity contribution is 5.94. The number of benzene rings is 1. The summed E-state index contributed by atoms with van der Waals surface area (Å²) < 4.78 is 0. The topological polar surface area (TPSA) is 32.3 Å². The molecule has 1 aliphatic carbocycles. The first-order chi connectivity index (χ1) is 9.47. The predicted octanol–water partition coefficient (Wildman–Crippen LogP) is 3.59.